The van der Waals surface area contributed by atoms with Crippen LogP contribution in [0.2, 0.25) is 0 Å². The maximum atomic E-state index is 6.17. The van der Waals surface area contributed by atoms with Gasteiger partial charge in [-0.1, -0.05) is 18.6 Å². The van der Waals surface area contributed by atoms with Crippen molar-refractivity contribution < 1.29 is 4.74 Å². The van der Waals surface area contributed by atoms with E-state index in [0.717, 1.165) is 12.2 Å². The fraction of sp³-hybridized carbons (Fsp3) is 0.647. The first kappa shape index (κ1) is 15.3. The minimum Gasteiger partial charge on any atom is -0.497 e. The minimum atomic E-state index is 0.258. The maximum Gasteiger partial charge on any atom is 0.118 e. The molecule has 1 aromatic carbocycles. The molecule has 1 heterocycles. The molecule has 0 radical (unpaired) electrons. The Bertz CT molecular complexity index is 402. The quantitative estimate of drug-likeness (QED) is 0.898. The van der Waals surface area contributed by atoms with E-state index in [0.29, 0.717) is 12.1 Å². The van der Waals surface area contributed by atoms with Gasteiger partial charge in [0.05, 0.1) is 7.11 Å². The molecule has 1 aliphatic rings. The predicted molar refractivity (Wildman–Crippen MR) is 84.2 cm³/mol. The minimum absolute atomic E-state index is 0.258. The molecule has 2 N–H and O–H groups in total. The molecular formula is C17H28N2O. The molecule has 0 spiro atoms. The number of rotatable bonds is 5. The Hall–Kier alpha value is -1.06. The van der Waals surface area contributed by atoms with E-state index < -0.39 is 0 Å². The summed E-state index contributed by atoms with van der Waals surface area (Å²) in [5, 5.41) is 0. The molecule has 0 saturated carbocycles. The van der Waals surface area contributed by atoms with Crippen LogP contribution in [-0.4, -0.2) is 36.7 Å². The van der Waals surface area contributed by atoms with Gasteiger partial charge in [0.25, 0.3) is 0 Å². The first-order chi connectivity index (χ1) is 9.61. The number of hydrogen-bond acceptors (Lipinski definition) is 3. The third kappa shape index (κ3) is 3.74. The monoisotopic (exact) mass is 276 g/mol. The molecule has 1 saturated heterocycles. The number of methoxy groups -OCH3 is 1. The van der Waals surface area contributed by atoms with Gasteiger partial charge in [0.15, 0.2) is 0 Å². The average molecular weight is 276 g/mol. The molecule has 1 fully saturated rings. The zero-order valence-electron chi connectivity index (χ0n) is 13.0. The molecule has 0 bridgehead atoms. The molecule has 1 aromatic rings. The normalized spacial score (nSPS) is 23.3. The van der Waals surface area contributed by atoms with Crippen LogP contribution in [0.25, 0.3) is 0 Å². The van der Waals surface area contributed by atoms with Crippen molar-refractivity contribution in [2.45, 2.75) is 57.7 Å². The van der Waals surface area contributed by atoms with Crippen LogP contribution in [0.4, 0.5) is 0 Å². The lowest BCUT2D eigenvalue weighted by molar-refractivity contribution is 0.0890. The van der Waals surface area contributed by atoms with E-state index in [1.165, 1.54) is 31.4 Å². The molecule has 3 nitrogen and oxygen atoms in total. The first-order valence-electron chi connectivity index (χ1n) is 7.76. The van der Waals surface area contributed by atoms with Gasteiger partial charge in [-0.2, -0.15) is 0 Å². The van der Waals surface area contributed by atoms with Crippen LogP contribution >= 0.6 is 0 Å². The summed E-state index contributed by atoms with van der Waals surface area (Å²) in [7, 11) is 1.71. The summed E-state index contributed by atoms with van der Waals surface area (Å²) >= 11 is 0. The van der Waals surface area contributed by atoms with Crippen molar-refractivity contribution in [2.24, 2.45) is 5.73 Å². The number of benzene rings is 1. The molecular weight excluding hydrogens is 248 g/mol. The Morgan fingerprint density at radius 2 is 1.95 bits per heavy atom. The molecule has 0 aliphatic carbocycles. The van der Waals surface area contributed by atoms with E-state index in [1.807, 2.05) is 12.1 Å². The topological polar surface area (TPSA) is 38.5 Å². The Morgan fingerprint density at radius 1 is 1.25 bits per heavy atom. The number of likely N-dealkylation sites (tertiary alicyclic amines) is 1. The van der Waals surface area contributed by atoms with Gasteiger partial charge >= 0.3 is 0 Å². The second-order valence-electron chi connectivity index (χ2n) is 6.06. The van der Waals surface area contributed by atoms with Gasteiger partial charge in [0.1, 0.15) is 5.75 Å². The van der Waals surface area contributed by atoms with Gasteiger partial charge in [0, 0.05) is 18.1 Å². The van der Waals surface area contributed by atoms with Gasteiger partial charge < -0.3 is 10.5 Å². The summed E-state index contributed by atoms with van der Waals surface area (Å²) in [4.78, 5) is 2.61. The first-order valence-corrected chi connectivity index (χ1v) is 7.76. The molecule has 3 heteroatoms. The lowest BCUT2D eigenvalue weighted by Crippen LogP contribution is -2.53. The molecule has 1 aliphatic heterocycles. The number of piperidine rings is 1. The van der Waals surface area contributed by atoms with Crippen molar-refractivity contribution in [3.8, 4) is 5.75 Å². The largest absolute Gasteiger partial charge is 0.497 e. The van der Waals surface area contributed by atoms with Crippen LogP contribution in [0.15, 0.2) is 24.3 Å². The summed E-state index contributed by atoms with van der Waals surface area (Å²) in [6.45, 7) is 5.65. The molecule has 0 amide bonds. The van der Waals surface area contributed by atoms with E-state index in [2.05, 4.69) is 30.9 Å². The molecule has 112 valence electrons. The zero-order chi connectivity index (χ0) is 14.5. The third-order valence-electron chi connectivity index (χ3n) is 4.46. The summed E-state index contributed by atoms with van der Waals surface area (Å²) in [6, 6.07) is 9.76. The molecule has 3 atom stereocenters. The van der Waals surface area contributed by atoms with Crippen LogP contribution < -0.4 is 10.5 Å². The van der Waals surface area contributed by atoms with Crippen LogP contribution in [0.3, 0.4) is 0 Å². The van der Waals surface area contributed by atoms with E-state index >= 15 is 0 Å². The van der Waals surface area contributed by atoms with Gasteiger partial charge in [-0.3, -0.25) is 4.90 Å². The third-order valence-corrected chi connectivity index (χ3v) is 4.46. The fourth-order valence-corrected chi connectivity index (χ4v) is 3.31. The number of hydrogen-bond donors (Lipinski definition) is 1. The fourth-order valence-electron chi connectivity index (χ4n) is 3.31. The summed E-state index contributed by atoms with van der Waals surface area (Å²) in [5.41, 5.74) is 7.54. The second kappa shape index (κ2) is 7.09. The second-order valence-corrected chi connectivity index (χ2v) is 6.06. The smallest absolute Gasteiger partial charge is 0.118 e. The number of nitrogens with two attached hydrogens (primary N) is 1. The molecule has 2 rings (SSSR count). The average Bonchev–Trinajstić information content (AvgIpc) is 2.48. The number of ether oxygens (including phenoxy) is 1. The van der Waals surface area contributed by atoms with Crippen molar-refractivity contribution in [2.75, 3.05) is 13.7 Å². The van der Waals surface area contributed by atoms with Crippen molar-refractivity contribution in [3.63, 3.8) is 0 Å². The number of nitrogens with zero attached hydrogens (tertiary/aromatic N) is 1. The van der Waals surface area contributed by atoms with Crippen molar-refractivity contribution >= 4 is 0 Å². The summed E-state index contributed by atoms with van der Waals surface area (Å²) in [5.74, 6) is 0.924. The van der Waals surface area contributed by atoms with Crippen molar-refractivity contribution in [1.82, 2.24) is 4.90 Å². The van der Waals surface area contributed by atoms with Crippen LogP contribution in [0.5, 0.6) is 5.75 Å². The Kier molecular flexibility index (Phi) is 5.44. The maximum absolute atomic E-state index is 6.17. The highest BCUT2D eigenvalue weighted by atomic mass is 16.5. The zero-order valence-corrected chi connectivity index (χ0v) is 13.0. The van der Waals surface area contributed by atoms with E-state index in [1.54, 1.807) is 7.11 Å². The Labute approximate surface area is 123 Å². The molecule has 20 heavy (non-hydrogen) atoms. The highest BCUT2D eigenvalue weighted by Crippen LogP contribution is 2.23. The lowest BCUT2D eigenvalue weighted by Gasteiger charge is -2.42. The Balaban J connectivity index is 1.99. The van der Waals surface area contributed by atoms with E-state index in [4.69, 9.17) is 10.5 Å². The van der Waals surface area contributed by atoms with Gasteiger partial charge in [-0.25, -0.2) is 0 Å². The SMILES string of the molecule is COc1ccc(CC(C)N2CCCCC2C(C)N)cc1. The Morgan fingerprint density at radius 3 is 2.55 bits per heavy atom. The van der Waals surface area contributed by atoms with Crippen molar-refractivity contribution in [1.29, 1.82) is 0 Å². The van der Waals surface area contributed by atoms with E-state index in [9.17, 15) is 0 Å². The highest BCUT2D eigenvalue weighted by molar-refractivity contribution is 5.27. The van der Waals surface area contributed by atoms with Crippen molar-refractivity contribution in [3.05, 3.63) is 29.8 Å². The highest BCUT2D eigenvalue weighted by Gasteiger charge is 2.28. The van der Waals surface area contributed by atoms with Gasteiger partial charge in [-0.05, 0) is 57.4 Å². The van der Waals surface area contributed by atoms with Gasteiger partial charge in [0.2, 0.25) is 0 Å². The van der Waals surface area contributed by atoms with Crippen LogP contribution in [0, 0.1) is 0 Å². The van der Waals surface area contributed by atoms with Crippen LogP contribution in [0.1, 0.15) is 38.7 Å². The molecule has 3 unspecified atom stereocenters. The standard InChI is InChI=1S/C17H28N2O/c1-13(12-15-7-9-16(20-3)10-8-15)19-11-5-4-6-17(19)14(2)18/h7-10,13-14,17H,4-6,11-12,18H2,1-3H3. The molecule has 0 aromatic heterocycles. The van der Waals surface area contributed by atoms with Gasteiger partial charge in [-0.15, -0.1) is 0 Å². The van der Waals surface area contributed by atoms with Crippen LogP contribution in [-0.2, 0) is 6.42 Å². The lowest BCUT2D eigenvalue weighted by atomic mass is 9.93. The predicted octanol–water partition coefficient (Wildman–Crippen LogP) is 2.83. The summed E-state index contributed by atoms with van der Waals surface area (Å²) < 4.78 is 5.21. The summed E-state index contributed by atoms with van der Waals surface area (Å²) in [6.07, 6.45) is 4.94. The van der Waals surface area contributed by atoms with E-state index in [-0.39, 0.29) is 6.04 Å².